The minimum Gasteiger partial charge on any atom is -0.495 e. The van der Waals surface area contributed by atoms with Gasteiger partial charge in [-0.2, -0.15) is 0 Å². The van der Waals surface area contributed by atoms with Crippen LogP contribution in [0.3, 0.4) is 0 Å². The van der Waals surface area contributed by atoms with Crippen LogP contribution in [0.5, 0.6) is 5.75 Å². The third-order valence-corrected chi connectivity index (χ3v) is 4.65. The normalized spacial score (nSPS) is 14.7. The number of benzene rings is 2. The van der Waals surface area contributed by atoms with Gasteiger partial charge in [0.25, 0.3) is 5.69 Å². The van der Waals surface area contributed by atoms with Gasteiger partial charge in [0.1, 0.15) is 11.4 Å². The second kappa shape index (κ2) is 7.86. The lowest BCUT2D eigenvalue weighted by atomic mass is 9.95. The van der Waals surface area contributed by atoms with Crippen molar-refractivity contribution >= 4 is 23.0 Å². The number of carbonyl (C=O) groups excluding carboxylic acids is 1. The molecule has 2 aromatic carbocycles. The summed E-state index contributed by atoms with van der Waals surface area (Å²) in [6.45, 7) is 1.21. The first-order valence-corrected chi connectivity index (χ1v) is 8.52. The Morgan fingerprint density at radius 2 is 1.81 bits per heavy atom. The van der Waals surface area contributed by atoms with E-state index in [1.54, 1.807) is 37.4 Å². The smallest absolute Gasteiger partial charge is 0.292 e. The zero-order valence-electron chi connectivity index (χ0n) is 14.6. The molecule has 1 aliphatic rings. The van der Waals surface area contributed by atoms with Gasteiger partial charge in [-0.3, -0.25) is 14.9 Å². The number of para-hydroxylation sites is 4. The molecule has 1 aliphatic heterocycles. The van der Waals surface area contributed by atoms with Gasteiger partial charge in [-0.25, -0.2) is 0 Å². The van der Waals surface area contributed by atoms with E-state index in [0.717, 1.165) is 0 Å². The summed E-state index contributed by atoms with van der Waals surface area (Å²) in [5.74, 6) is 0.453. The predicted molar refractivity (Wildman–Crippen MR) is 99.7 cm³/mol. The lowest BCUT2D eigenvalue weighted by Crippen LogP contribution is -2.38. The number of nitrogens with zero attached hydrogens (tertiary/aromatic N) is 2. The van der Waals surface area contributed by atoms with Crippen LogP contribution in [0.15, 0.2) is 48.5 Å². The molecule has 136 valence electrons. The van der Waals surface area contributed by atoms with E-state index in [9.17, 15) is 14.9 Å². The molecule has 0 bridgehead atoms. The molecule has 0 aliphatic carbocycles. The zero-order chi connectivity index (χ0) is 18.5. The van der Waals surface area contributed by atoms with Gasteiger partial charge in [0.05, 0.1) is 17.7 Å². The molecule has 26 heavy (non-hydrogen) atoms. The first-order chi connectivity index (χ1) is 12.6. The molecule has 0 spiro atoms. The van der Waals surface area contributed by atoms with Crippen LogP contribution >= 0.6 is 0 Å². The minimum absolute atomic E-state index is 0.0447. The summed E-state index contributed by atoms with van der Waals surface area (Å²) >= 11 is 0. The van der Waals surface area contributed by atoms with E-state index in [4.69, 9.17) is 4.74 Å². The number of anilines is 2. The Hall–Kier alpha value is -3.09. The van der Waals surface area contributed by atoms with Crippen LogP contribution in [-0.2, 0) is 4.79 Å². The molecule has 0 aromatic heterocycles. The number of nitrogens with one attached hydrogen (secondary N) is 1. The van der Waals surface area contributed by atoms with Crippen molar-refractivity contribution in [3.05, 3.63) is 58.6 Å². The number of carbonyl (C=O) groups is 1. The topological polar surface area (TPSA) is 84.7 Å². The lowest BCUT2D eigenvalue weighted by Gasteiger charge is -2.32. The second-order valence-corrected chi connectivity index (χ2v) is 6.20. The fourth-order valence-electron chi connectivity index (χ4n) is 3.25. The Balaban J connectivity index is 1.64. The van der Waals surface area contributed by atoms with Crippen molar-refractivity contribution in [2.24, 2.45) is 5.92 Å². The van der Waals surface area contributed by atoms with Crippen LogP contribution in [0.2, 0.25) is 0 Å². The molecule has 1 N–H and O–H groups in total. The van der Waals surface area contributed by atoms with Gasteiger partial charge >= 0.3 is 0 Å². The molecule has 1 heterocycles. The van der Waals surface area contributed by atoms with E-state index in [2.05, 4.69) is 5.32 Å². The van der Waals surface area contributed by atoms with Crippen molar-refractivity contribution in [1.82, 2.24) is 0 Å². The van der Waals surface area contributed by atoms with E-state index in [-0.39, 0.29) is 22.4 Å². The van der Waals surface area contributed by atoms with E-state index < -0.39 is 0 Å². The number of methoxy groups -OCH3 is 1. The van der Waals surface area contributed by atoms with E-state index >= 15 is 0 Å². The molecule has 0 atom stereocenters. The number of amides is 1. The van der Waals surface area contributed by atoms with E-state index in [1.807, 2.05) is 17.0 Å². The van der Waals surface area contributed by atoms with Gasteiger partial charge in [0.2, 0.25) is 5.91 Å². The molecule has 0 unspecified atom stereocenters. The molecule has 0 saturated carbocycles. The van der Waals surface area contributed by atoms with Gasteiger partial charge < -0.3 is 15.0 Å². The maximum atomic E-state index is 12.6. The molecular weight excluding hydrogens is 334 g/mol. The summed E-state index contributed by atoms with van der Waals surface area (Å²) in [4.78, 5) is 25.4. The standard InChI is InChI=1S/C19H21N3O4/c1-26-18-9-5-2-6-15(18)20-19(23)14-10-12-21(13-11-14)16-7-3-4-8-17(16)22(24)25/h2-9,14H,10-13H2,1H3,(H,20,23). The van der Waals surface area contributed by atoms with E-state index in [1.165, 1.54) is 6.07 Å². The average molecular weight is 355 g/mol. The largest absolute Gasteiger partial charge is 0.495 e. The van der Waals surface area contributed by atoms with Crippen LogP contribution < -0.4 is 15.0 Å². The molecule has 7 heteroatoms. The Morgan fingerprint density at radius 1 is 1.15 bits per heavy atom. The average Bonchev–Trinajstić information content (AvgIpc) is 2.68. The Labute approximate surface area is 151 Å². The SMILES string of the molecule is COc1ccccc1NC(=O)C1CCN(c2ccccc2[N+](=O)[O-])CC1. The van der Waals surface area contributed by atoms with Gasteiger partial charge in [-0.15, -0.1) is 0 Å². The Morgan fingerprint density at radius 3 is 2.50 bits per heavy atom. The van der Waals surface area contributed by atoms with Crippen molar-refractivity contribution in [3.8, 4) is 5.75 Å². The van der Waals surface area contributed by atoms with Crippen LogP contribution in [0.4, 0.5) is 17.1 Å². The highest BCUT2D eigenvalue weighted by Gasteiger charge is 2.28. The summed E-state index contributed by atoms with van der Waals surface area (Å²) in [5, 5.41) is 14.1. The van der Waals surface area contributed by atoms with Crippen LogP contribution in [-0.4, -0.2) is 31.0 Å². The first kappa shape index (κ1) is 17.7. The molecule has 1 fully saturated rings. The number of nitro groups is 1. The number of hydrogen-bond acceptors (Lipinski definition) is 5. The number of hydrogen-bond donors (Lipinski definition) is 1. The van der Waals surface area contributed by atoms with Crippen LogP contribution in [0.1, 0.15) is 12.8 Å². The predicted octanol–water partition coefficient (Wildman–Crippen LogP) is 3.46. The fourth-order valence-corrected chi connectivity index (χ4v) is 3.25. The van der Waals surface area contributed by atoms with Gasteiger partial charge in [0.15, 0.2) is 0 Å². The second-order valence-electron chi connectivity index (χ2n) is 6.20. The third kappa shape index (κ3) is 3.77. The Bertz CT molecular complexity index is 801. The Kier molecular flexibility index (Phi) is 5.36. The van der Waals surface area contributed by atoms with Gasteiger partial charge in [-0.05, 0) is 31.0 Å². The van der Waals surface area contributed by atoms with Gasteiger partial charge in [-0.1, -0.05) is 24.3 Å². The molecule has 7 nitrogen and oxygen atoms in total. The molecule has 3 rings (SSSR count). The molecule has 0 radical (unpaired) electrons. The van der Waals surface area contributed by atoms with E-state index in [0.29, 0.717) is 43.1 Å². The number of rotatable bonds is 5. The highest BCUT2D eigenvalue weighted by Crippen LogP contribution is 2.32. The maximum Gasteiger partial charge on any atom is 0.292 e. The summed E-state index contributed by atoms with van der Waals surface area (Å²) < 4.78 is 5.26. The van der Waals surface area contributed by atoms with Crippen LogP contribution in [0.25, 0.3) is 0 Å². The fraction of sp³-hybridized carbons (Fsp3) is 0.316. The molecule has 1 amide bonds. The minimum atomic E-state index is -0.365. The summed E-state index contributed by atoms with van der Waals surface area (Å²) in [6.07, 6.45) is 1.29. The molecule has 1 saturated heterocycles. The third-order valence-electron chi connectivity index (χ3n) is 4.65. The van der Waals surface area contributed by atoms with Crippen molar-refractivity contribution in [2.75, 3.05) is 30.4 Å². The number of ether oxygens (including phenoxy) is 1. The van der Waals surface area contributed by atoms with Crippen molar-refractivity contribution in [2.45, 2.75) is 12.8 Å². The van der Waals surface area contributed by atoms with Crippen molar-refractivity contribution < 1.29 is 14.5 Å². The highest BCUT2D eigenvalue weighted by molar-refractivity contribution is 5.94. The number of nitro benzene ring substituents is 1. The molecule has 2 aromatic rings. The quantitative estimate of drug-likeness (QED) is 0.656. The first-order valence-electron chi connectivity index (χ1n) is 8.52. The highest BCUT2D eigenvalue weighted by atomic mass is 16.6. The van der Waals surface area contributed by atoms with Crippen molar-refractivity contribution in [3.63, 3.8) is 0 Å². The summed E-state index contributed by atoms with van der Waals surface area (Å²) in [5.41, 5.74) is 1.37. The number of piperidine rings is 1. The summed E-state index contributed by atoms with van der Waals surface area (Å²) in [7, 11) is 1.57. The monoisotopic (exact) mass is 355 g/mol. The maximum absolute atomic E-state index is 12.6. The molecular formula is C19H21N3O4. The van der Waals surface area contributed by atoms with Crippen molar-refractivity contribution in [1.29, 1.82) is 0 Å². The van der Waals surface area contributed by atoms with Crippen LogP contribution in [0, 0.1) is 16.0 Å². The summed E-state index contributed by atoms with van der Waals surface area (Å²) in [6, 6.07) is 14.0. The van der Waals surface area contributed by atoms with Gasteiger partial charge in [0, 0.05) is 25.1 Å². The zero-order valence-corrected chi connectivity index (χ0v) is 14.6. The lowest BCUT2D eigenvalue weighted by molar-refractivity contribution is -0.384.